The molecule has 5 nitrogen and oxygen atoms in total. The summed E-state index contributed by atoms with van der Waals surface area (Å²) >= 11 is 6.05. The average Bonchev–Trinajstić information content (AvgIpc) is 2.44. The minimum atomic E-state index is -3.54. The molecule has 1 heterocycles. The monoisotopic (exact) mass is 331 g/mol. The first-order chi connectivity index (χ1) is 9.92. The molecule has 0 aromatic heterocycles. The van der Waals surface area contributed by atoms with Crippen LogP contribution in [-0.2, 0) is 10.2 Å². The molecule has 0 unspecified atom stereocenters. The van der Waals surface area contributed by atoms with E-state index < -0.39 is 10.2 Å². The Labute approximate surface area is 131 Å². The third-order valence-corrected chi connectivity index (χ3v) is 5.62. The number of anilines is 1. The molecular weight excluding hydrogens is 310 g/mol. The predicted molar refractivity (Wildman–Crippen MR) is 87.0 cm³/mol. The Bertz CT molecular complexity index is 584. The molecule has 0 amide bonds. The van der Waals surface area contributed by atoms with Crippen LogP contribution in [0.4, 0.5) is 5.69 Å². The Morgan fingerprint density at radius 1 is 1.33 bits per heavy atom. The third kappa shape index (κ3) is 4.32. The summed E-state index contributed by atoms with van der Waals surface area (Å²) < 4.78 is 28.9. The number of nitrogens with one attached hydrogen (secondary N) is 2. The lowest BCUT2D eigenvalue weighted by Gasteiger charge is -2.31. The Balaban J connectivity index is 2.04. The van der Waals surface area contributed by atoms with Gasteiger partial charge in [-0.1, -0.05) is 17.7 Å². The minimum absolute atomic E-state index is 0.411. The minimum Gasteiger partial charge on any atom is -0.319 e. The molecule has 1 aromatic rings. The van der Waals surface area contributed by atoms with Gasteiger partial charge in [0.25, 0.3) is 0 Å². The lowest BCUT2D eigenvalue weighted by atomic mass is 9.98. The van der Waals surface area contributed by atoms with Crippen molar-refractivity contribution in [3.8, 4) is 0 Å². The van der Waals surface area contributed by atoms with Gasteiger partial charge in [-0.3, -0.25) is 4.72 Å². The van der Waals surface area contributed by atoms with Crippen molar-refractivity contribution >= 4 is 27.5 Å². The van der Waals surface area contributed by atoms with Gasteiger partial charge in [-0.25, -0.2) is 0 Å². The maximum Gasteiger partial charge on any atom is 0.301 e. The molecule has 0 bridgehead atoms. The van der Waals surface area contributed by atoms with Crippen LogP contribution in [0.3, 0.4) is 0 Å². The fourth-order valence-electron chi connectivity index (χ4n) is 2.56. The lowest BCUT2D eigenvalue weighted by Crippen LogP contribution is -2.43. The van der Waals surface area contributed by atoms with Crippen molar-refractivity contribution < 1.29 is 8.42 Å². The number of hydrogen-bond donors (Lipinski definition) is 2. The molecule has 21 heavy (non-hydrogen) atoms. The van der Waals surface area contributed by atoms with Crippen molar-refractivity contribution in [1.82, 2.24) is 9.62 Å². The largest absolute Gasteiger partial charge is 0.319 e. The van der Waals surface area contributed by atoms with Gasteiger partial charge in [0.2, 0.25) is 0 Å². The first-order valence-electron chi connectivity index (χ1n) is 7.11. The second-order valence-electron chi connectivity index (χ2n) is 5.49. The van der Waals surface area contributed by atoms with Crippen LogP contribution in [0.25, 0.3) is 0 Å². The second kappa shape index (κ2) is 6.96. The SMILES string of the molecule is CNCC1CCN(S(=O)(=O)Nc2cc(C)ccc2Cl)CC1. The van der Waals surface area contributed by atoms with Crippen LogP contribution in [0.1, 0.15) is 18.4 Å². The van der Waals surface area contributed by atoms with Crippen molar-refractivity contribution in [1.29, 1.82) is 0 Å². The molecule has 1 aliphatic heterocycles. The Morgan fingerprint density at radius 3 is 2.62 bits per heavy atom. The maximum atomic E-state index is 12.4. The summed E-state index contributed by atoms with van der Waals surface area (Å²) in [4.78, 5) is 0. The standard InChI is InChI=1S/C14H22ClN3O2S/c1-11-3-4-13(15)14(9-11)17-21(19,20)18-7-5-12(6-8-18)10-16-2/h3-4,9,12,16-17H,5-8,10H2,1-2H3. The highest BCUT2D eigenvalue weighted by Gasteiger charge is 2.28. The van der Waals surface area contributed by atoms with Crippen LogP contribution in [0.2, 0.25) is 5.02 Å². The topological polar surface area (TPSA) is 61.4 Å². The molecule has 1 aliphatic rings. The van der Waals surface area contributed by atoms with Crippen molar-refractivity contribution in [3.63, 3.8) is 0 Å². The van der Waals surface area contributed by atoms with Crippen LogP contribution in [0, 0.1) is 12.8 Å². The maximum absolute atomic E-state index is 12.4. The van der Waals surface area contributed by atoms with Crippen molar-refractivity contribution in [3.05, 3.63) is 28.8 Å². The number of piperidine rings is 1. The molecule has 1 saturated heterocycles. The van der Waals surface area contributed by atoms with Gasteiger partial charge in [0, 0.05) is 13.1 Å². The van der Waals surface area contributed by atoms with Gasteiger partial charge < -0.3 is 5.32 Å². The number of benzene rings is 1. The summed E-state index contributed by atoms with van der Waals surface area (Å²) in [5.41, 5.74) is 1.40. The van der Waals surface area contributed by atoms with E-state index in [0.717, 1.165) is 24.9 Å². The lowest BCUT2D eigenvalue weighted by molar-refractivity contribution is 0.272. The molecule has 7 heteroatoms. The molecule has 1 aromatic carbocycles. The van der Waals surface area contributed by atoms with Crippen LogP contribution in [0.15, 0.2) is 18.2 Å². The van der Waals surface area contributed by atoms with E-state index in [4.69, 9.17) is 11.6 Å². The van der Waals surface area contributed by atoms with Gasteiger partial charge in [0.1, 0.15) is 0 Å². The van der Waals surface area contributed by atoms with E-state index in [1.54, 1.807) is 12.1 Å². The molecule has 118 valence electrons. The Morgan fingerprint density at radius 2 is 2.00 bits per heavy atom. The van der Waals surface area contributed by atoms with Gasteiger partial charge in [-0.15, -0.1) is 0 Å². The highest BCUT2D eigenvalue weighted by Crippen LogP contribution is 2.26. The van der Waals surface area contributed by atoms with Gasteiger partial charge in [0.15, 0.2) is 0 Å². The van der Waals surface area contributed by atoms with E-state index in [1.165, 1.54) is 4.31 Å². The molecule has 1 fully saturated rings. The predicted octanol–water partition coefficient (Wildman–Crippen LogP) is 2.24. The van der Waals surface area contributed by atoms with E-state index in [9.17, 15) is 8.42 Å². The fraction of sp³-hybridized carbons (Fsp3) is 0.571. The first-order valence-corrected chi connectivity index (χ1v) is 8.93. The normalized spacial score (nSPS) is 17.9. The van der Waals surface area contributed by atoms with Gasteiger partial charge in [-0.05, 0) is 57.0 Å². The second-order valence-corrected chi connectivity index (χ2v) is 7.57. The summed E-state index contributed by atoms with van der Waals surface area (Å²) in [6.45, 7) is 3.93. The number of nitrogens with zero attached hydrogens (tertiary/aromatic N) is 1. The van der Waals surface area contributed by atoms with Crippen LogP contribution < -0.4 is 10.0 Å². The summed E-state index contributed by atoms with van der Waals surface area (Å²) in [6, 6.07) is 5.30. The number of hydrogen-bond acceptors (Lipinski definition) is 3. The van der Waals surface area contributed by atoms with E-state index in [-0.39, 0.29) is 0 Å². The summed E-state index contributed by atoms with van der Waals surface area (Å²) in [7, 11) is -1.61. The van der Waals surface area contributed by atoms with Crippen LogP contribution in [-0.4, -0.2) is 39.4 Å². The zero-order valence-electron chi connectivity index (χ0n) is 12.4. The zero-order chi connectivity index (χ0) is 15.5. The van der Waals surface area contributed by atoms with E-state index >= 15 is 0 Å². The Hall–Kier alpha value is -0.820. The smallest absolute Gasteiger partial charge is 0.301 e. The summed E-state index contributed by atoms with van der Waals surface area (Å²) in [5.74, 6) is 0.545. The highest BCUT2D eigenvalue weighted by atomic mass is 35.5. The molecular formula is C14H22ClN3O2S. The molecule has 0 saturated carbocycles. The molecule has 0 atom stereocenters. The summed E-state index contributed by atoms with van der Waals surface area (Å²) in [5, 5.41) is 3.55. The highest BCUT2D eigenvalue weighted by molar-refractivity contribution is 7.90. The first kappa shape index (κ1) is 16.5. The van der Waals surface area contributed by atoms with E-state index in [1.807, 2.05) is 20.0 Å². The Kier molecular flexibility index (Phi) is 5.48. The van der Waals surface area contributed by atoms with Crippen LogP contribution in [0.5, 0.6) is 0 Å². The van der Waals surface area contributed by atoms with Crippen molar-refractivity contribution in [2.75, 3.05) is 31.4 Å². The summed E-state index contributed by atoms with van der Waals surface area (Å²) in [6.07, 6.45) is 1.76. The molecule has 2 N–H and O–H groups in total. The fourth-order valence-corrected chi connectivity index (χ4v) is 4.05. The van der Waals surface area contributed by atoms with Gasteiger partial charge in [0.05, 0.1) is 10.7 Å². The number of halogens is 1. The third-order valence-electron chi connectivity index (χ3n) is 3.77. The number of aryl methyl sites for hydroxylation is 1. The van der Waals surface area contributed by atoms with E-state index in [2.05, 4.69) is 10.0 Å². The van der Waals surface area contributed by atoms with Gasteiger partial charge in [-0.2, -0.15) is 12.7 Å². The van der Waals surface area contributed by atoms with E-state index in [0.29, 0.717) is 29.7 Å². The van der Waals surface area contributed by atoms with Crippen LogP contribution >= 0.6 is 11.6 Å². The molecule has 0 radical (unpaired) electrons. The van der Waals surface area contributed by atoms with Crippen molar-refractivity contribution in [2.45, 2.75) is 19.8 Å². The molecule has 0 spiro atoms. The van der Waals surface area contributed by atoms with Crippen molar-refractivity contribution in [2.24, 2.45) is 5.92 Å². The number of rotatable bonds is 5. The van der Waals surface area contributed by atoms with Gasteiger partial charge >= 0.3 is 10.2 Å². The average molecular weight is 332 g/mol. The zero-order valence-corrected chi connectivity index (χ0v) is 14.0. The molecule has 2 rings (SSSR count). The quantitative estimate of drug-likeness (QED) is 0.869. The molecule has 0 aliphatic carbocycles.